The Morgan fingerprint density at radius 3 is 2.43 bits per heavy atom. The first-order valence-electron chi connectivity index (χ1n) is 9.09. The van der Waals surface area contributed by atoms with Crippen molar-refractivity contribution in [2.45, 2.75) is 65.2 Å². The summed E-state index contributed by atoms with van der Waals surface area (Å²) in [5.41, 5.74) is 4.86. The molecule has 0 spiro atoms. The molecule has 0 heterocycles. The lowest BCUT2D eigenvalue weighted by atomic mass is 9.86. The molecule has 0 amide bonds. The van der Waals surface area contributed by atoms with E-state index in [9.17, 15) is 5.11 Å². The number of phenols is 1. The van der Waals surface area contributed by atoms with Crippen LogP contribution in [0.25, 0.3) is 11.1 Å². The molecule has 0 aliphatic carbocycles. The zero-order valence-electron chi connectivity index (χ0n) is 14.8. The van der Waals surface area contributed by atoms with E-state index >= 15 is 0 Å². The van der Waals surface area contributed by atoms with Crippen LogP contribution in [0, 0.1) is 0 Å². The second-order valence-electron chi connectivity index (χ2n) is 6.52. The van der Waals surface area contributed by atoms with Crippen LogP contribution in [0.4, 0.5) is 0 Å². The molecule has 1 atom stereocenters. The van der Waals surface area contributed by atoms with Crippen LogP contribution in [0.3, 0.4) is 0 Å². The number of unbranched alkanes of at least 4 members (excludes halogenated alkanes) is 3. The number of phenolic OH excluding ortho intramolecular Hbond substituents is 1. The Bertz CT molecular complexity index is 615. The highest BCUT2D eigenvalue weighted by Gasteiger charge is 2.16. The molecular formula is C22H30O. The van der Waals surface area contributed by atoms with Crippen LogP contribution < -0.4 is 0 Å². The highest BCUT2D eigenvalue weighted by molar-refractivity contribution is 5.77. The van der Waals surface area contributed by atoms with E-state index in [1.807, 2.05) is 12.1 Å². The number of rotatable bonds is 8. The first-order valence-corrected chi connectivity index (χ1v) is 9.09. The summed E-state index contributed by atoms with van der Waals surface area (Å²) in [6.07, 6.45) is 7.23. The second-order valence-corrected chi connectivity index (χ2v) is 6.52. The number of hydrogen-bond donors (Lipinski definition) is 1. The highest BCUT2D eigenvalue weighted by Crippen LogP contribution is 2.39. The van der Waals surface area contributed by atoms with Crippen molar-refractivity contribution >= 4 is 0 Å². The quantitative estimate of drug-likeness (QED) is 0.538. The average Bonchev–Trinajstić information content (AvgIpc) is 2.58. The first-order chi connectivity index (χ1) is 11.2. The van der Waals surface area contributed by atoms with Gasteiger partial charge in [-0.3, -0.25) is 0 Å². The van der Waals surface area contributed by atoms with Gasteiger partial charge in [0.05, 0.1) is 0 Å². The summed E-state index contributed by atoms with van der Waals surface area (Å²) in [4.78, 5) is 0. The summed E-state index contributed by atoms with van der Waals surface area (Å²) in [7, 11) is 0. The van der Waals surface area contributed by atoms with Gasteiger partial charge in [0.15, 0.2) is 0 Å². The molecule has 0 aromatic heterocycles. The standard InChI is InChI=1S/C22H30O/c1-4-6-7-8-12-18-13-9-10-14-20(18)22-19(17(3)5-2)15-11-16-21(22)23/h9-11,13-17,23H,4-8,12H2,1-3H3. The molecule has 1 heteroatoms. The van der Waals surface area contributed by atoms with Gasteiger partial charge in [0.1, 0.15) is 5.75 Å². The molecule has 0 aliphatic rings. The molecule has 1 unspecified atom stereocenters. The second kappa shape index (κ2) is 8.76. The monoisotopic (exact) mass is 310 g/mol. The Labute approximate surface area is 141 Å². The Kier molecular flexibility index (Phi) is 6.70. The fourth-order valence-corrected chi connectivity index (χ4v) is 3.21. The van der Waals surface area contributed by atoms with Gasteiger partial charge in [-0.05, 0) is 47.9 Å². The maximum absolute atomic E-state index is 10.5. The van der Waals surface area contributed by atoms with E-state index in [2.05, 4.69) is 51.1 Å². The largest absolute Gasteiger partial charge is 0.507 e. The van der Waals surface area contributed by atoms with Crippen LogP contribution in [-0.2, 0) is 6.42 Å². The topological polar surface area (TPSA) is 20.2 Å². The Morgan fingerprint density at radius 1 is 0.913 bits per heavy atom. The molecule has 0 fully saturated rings. The summed E-state index contributed by atoms with van der Waals surface area (Å²) in [6, 6.07) is 14.5. The maximum Gasteiger partial charge on any atom is 0.123 e. The third kappa shape index (κ3) is 4.37. The summed E-state index contributed by atoms with van der Waals surface area (Å²) in [5.74, 6) is 0.856. The molecule has 2 rings (SSSR count). The SMILES string of the molecule is CCCCCCc1ccccc1-c1c(O)cccc1C(C)CC. The van der Waals surface area contributed by atoms with Crippen LogP contribution in [0.1, 0.15) is 69.9 Å². The predicted molar refractivity (Wildman–Crippen MR) is 100 cm³/mol. The lowest BCUT2D eigenvalue weighted by Crippen LogP contribution is -1.98. The lowest BCUT2D eigenvalue weighted by Gasteiger charge is -2.19. The van der Waals surface area contributed by atoms with Gasteiger partial charge in [-0.2, -0.15) is 0 Å². The minimum Gasteiger partial charge on any atom is -0.507 e. The molecule has 0 saturated heterocycles. The minimum atomic E-state index is 0.406. The van der Waals surface area contributed by atoms with Gasteiger partial charge in [0.25, 0.3) is 0 Å². The van der Waals surface area contributed by atoms with Crippen LogP contribution in [-0.4, -0.2) is 5.11 Å². The molecule has 2 aromatic carbocycles. The van der Waals surface area contributed by atoms with Crippen LogP contribution in [0.15, 0.2) is 42.5 Å². The van der Waals surface area contributed by atoms with Gasteiger partial charge in [-0.25, -0.2) is 0 Å². The molecule has 23 heavy (non-hydrogen) atoms. The van der Waals surface area contributed by atoms with Gasteiger partial charge < -0.3 is 5.11 Å². The van der Waals surface area contributed by atoms with E-state index < -0.39 is 0 Å². The third-order valence-corrected chi connectivity index (χ3v) is 4.80. The molecule has 1 N–H and O–H groups in total. The molecular weight excluding hydrogens is 280 g/mol. The average molecular weight is 310 g/mol. The normalized spacial score (nSPS) is 12.3. The van der Waals surface area contributed by atoms with Crippen LogP contribution >= 0.6 is 0 Å². The van der Waals surface area contributed by atoms with Crippen molar-refractivity contribution in [3.8, 4) is 16.9 Å². The van der Waals surface area contributed by atoms with Crippen molar-refractivity contribution in [1.29, 1.82) is 0 Å². The van der Waals surface area contributed by atoms with Crippen LogP contribution in [0.5, 0.6) is 5.75 Å². The van der Waals surface area contributed by atoms with E-state index in [-0.39, 0.29) is 0 Å². The van der Waals surface area contributed by atoms with Crippen molar-refractivity contribution in [2.24, 2.45) is 0 Å². The molecule has 1 nitrogen and oxygen atoms in total. The smallest absolute Gasteiger partial charge is 0.123 e. The zero-order valence-corrected chi connectivity index (χ0v) is 14.8. The number of aromatic hydroxyl groups is 1. The number of hydrogen-bond acceptors (Lipinski definition) is 1. The zero-order chi connectivity index (χ0) is 16.7. The summed E-state index contributed by atoms with van der Waals surface area (Å²) < 4.78 is 0. The van der Waals surface area contributed by atoms with Gasteiger partial charge in [0, 0.05) is 5.56 Å². The highest BCUT2D eigenvalue weighted by atomic mass is 16.3. The molecule has 0 radical (unpaired) electrons. The Hall–Kier alpha value is -1.76. The molecule has 124 valence electrons. The third-order valence-electron chi connectivity index (χ3n) is 4.80. The Balaban J connectivity index is 2.38. The lowest BCUT2D eigenvalue weighted by molar-refractivity contribution is 0.476. The predicted octanol–water partition coefficient (Wildman–Crippen LogP) is 6.70. The van der Waals surface area contributed by atoms with Crippen molar-refractivity contribution in [1.82, 2.24) is 0 Å². The fraction of sp³-hybridized carbons (Fsp3) is 0.455. The summed E-state index contributed by atoms with van der Waals surface area (Å²) in [6.45, 7) is 6.69. The molecule has 0 saturated carbocycles. The van der Waals surface area contributed by atoms with Gasteiger partial charge in [-0.1, -0.05) is 76.4 Å². The molecule has 2 aromatic rings. The minimum absolute atomic E-state index is 0.406. The van der Waals surface area contributed by atoms with Gasteiger partial charge in [0.2, 0.25) is 0 Å². The molecule has 0 aliphatic heterocycles. The van der Waals surface area contributed by atoms with Crippen molar-refractivity contribution < 1.29 is 5.11 Å². The van der Waals surface area contributed by atoms with E-state index in [1.165, 1.54) is 42.4 Å². The van der Waals surface area contributed by atoms with Crippen molar-refractivity contribution in [2.75, 3.05) is 0 Å². The fourth-order valence-electron chi connectivity index (χ4n) is 3.21. The first kappa shape index (κ1) is 17.6. The van der Waals surface area contributed by atoms with Crippen molar-refractivity contribution in [3.63, 3.8) is 0 Å². The number of benzene rings is 2. The summed E-state index contributed by atoms with van der Waals surface area (Å²) in [5, 5.41) is 10.5. The van der Waals surface area contributed by atoms with E-state index in [0.717, 1.165) is 18.4 Å². The van der Waals surface area contributed by atoms with Gasteiger partial charge in [-0.15, -0.1) is 0 Å². The van der Waals surface area contributed by atoms with Gasteiger partial charge >= 0.3 is 0 Å². The van der Waals surface area contributed by atoms with E-state index in [0.29, 0.717) is 11.7 Å². The maximum atomic E-state index is 10.5. The molecule has 0 bridgehead atoms. The summed E-state index contributed by atoms with van der Waals surface area (Å²) >= 11 is 0. The van der Waals surface area contributed by atoms with Crippen LogP contribution in [0.2, 0.25) is 0 Å². The van der Waals surface area contributed by atoms with E-state index in [1.54, 1.807) is 0 Å². The number of aryl methyl sites for hydroxylation is 1. The Morgan fingerprint density at radius 2 is 1.70 bits per heavy atom. The van der Waals surface area contributed by atoms with Crippen molar-refractivity contribution in [3.05, 3.63) is 53.6 Å². The van der Waals surface area contributed by atoms with E-state index in [4.69, 9.17) is 0 Å².